The third-order valence-corrected chi connectivity index (χ3v) is 5.34. The van der Waals surface area contributed by atoms with Gasteiger partial charge in [0.2, 0.25) is 5.91 Å². The van der Waals surface area contributed by atoms with Gasteiger partial charge in [0.05, 0.1) is 11.2 Å². The zero-order chi connectivity index (χ0) is 21.8. The second-order valence-corrected chi connectivity index (χ2v) is 8.01. The lowest BCUT2D eigenvalue weighted by Crippen LogP contribution is -2.50. The van der Waals surface area contributed by atoms with Crippen LogP contribution in [0, 0.1) is 12.8 Å². The number of aromatic nitrogens is 1. The highest BCUT2D eigenvalue weighted by molar-refractivity contribution is 5.79. The molecule has 0 aliphatic carbocycles. The Balaban J connectivity index is 0.000000370. The standard InChI is InChI=1S/C18H27N3O.C2HF3O2/c1-14(2)17(22)21-10-5-8-18(21)9-11-20(13-18)12-16-7-4-6-15(3)19-16;3-2(4,5)1(6)7/h4,6-7,14H,5,8-13H2,1-3H3;(H,6,7). The van der Waals surface area contributed by atoms with Crippen molar-refractivity contribution < 1.29 is 27.9 Å². The fraction of sp³-hybridized carbons (Fsp3) is 0.650. The molecule has 1 N–H and O–H groups in total. The number of nitrogens with zero attached hydrogens (tertiary/aromatic N) is 3. The van der Waals surface area contributed by atoms with Crippen LogP contribution in [0.15, 0.2) is 18.2 Å². The Morgan fingerprint density at radius 2 is 1.90 bits per heavy atom. The fourth-order valence-corrected chi connectivity index (χ4v) is 4.01. The Bertz CT molecular complexity index is 739. The van der Waals surface area contributed by atoms with E-state index in [0.717, 1.165) is 56.8 Å². The Morgan fingerprint density at radius 3 is 2.45 bits per heavy atom. The number of alkyl halides is 3. The average molecular weight is 415 g/mol. The smallest absolute Gasteiger partial charge is 0.475 e. The van der Waals surface area contributed by atoms with Crippen LogP contribution in [0.1, 0.15) is 44.5 Å². The number of likely N-dealkylation sites (tertiary alicyclic amines) is 2. The van der Waals surface area contributed by atoms with Gasteiger partial charge in [-0.25, -0.2) is 4.79 Å². The fourth-order valence-electron chi connectivity index (χ4n) is 4.01. The molecule has 3 rings (SSSR count). The van der Waals surface area contributed by atoms with Crippen LogP contribution < -0.4 is 0 Å². The van der Waals surface area contributed by atoms with Gasteiger partial charge >= 0.3 is 12.1 Å². The summed E-state index contributed by atoms with van der Waals surface area (Å²) in [6, 6.07) is 6.21. The number of carboxylic acids is 1. The van der Waals surface area contributed by atoms with Crippen LogP contribution in [0.4, 0.5) is 13.2 Å². The molecule has 6 nitrogen and oxygen atoms in total. The summed E-state index contributed by atoms with van der Waals surface area (Å²) in [4.78, 5) is 30.7. The minimum atomic E-state index is -5.08. The molecule has 0 bridgehead atoms. The molecule has 1 aromatic heterocycles. The van der Waals surface area contributed by atoms with Crippen LogP contribution in [-0.4, -0.2) is 63.1 Å². The Kier molecular flexibility index (Phi) is 7.26. The van der Waals surface area contributed by atoms with Gasteiger partial charge in [-0.15, -0.1) is 0 Å². The van der Waals surface area contributed by atoms with Crippen molar-refractivity contribution in [3.05, 3.63) is 29.6 Å². The van der Waals surface area contributed by atoms with Crippen LogP contribution in [-0.2, 0) is 16.1 Å². The molecule has 1 amide bonds. The van der Waals surface area contributed by atoms with E-state index >= 15 is 0 Å². The summed E-state index contributed by atoms with van der Waals surface area (Å²) in [7, 11) is 0. The van der Waals surface area contributed by atoms with E-state index in [4.69, 9.17) is 9.90 Å². The summed E-state index contributed by atoms with van der Waals surface area (Å²) in [5.41, 5.74) is 2.30. The summed E-state index contributed by atoms with van der Waals surface area (Å²) >= 11 is 0. The largest absolute Gasteiger partial charge is 0.490 e. The lowest BCUT2D eigenvalue weighted by atomic mass is 9.94. The minimum Gasteiger partial charge on any atom is -0.475 e. The molecule has 0 aromatic carbocycles. The maximum Gasteiger partial charge on any atom is 0.490 e. The minimum absolute atomic E-state index is 0.0885. The second kappa shape index (κ2) is 9.11. The van der Waals surface area contributed by atoms with E-state index in [9.17, 15) is 18.0 Å². The van der Waals surface area contributed by atoms with Crippen LogP contribution in [0.25, 0.3) is 0 Å². The summed E-state index contributed by atoms with van der Waals surface area (Å²) in [6.07, 6.45) is -1.67. The first-order valence-electron chi connectivity index (χ1n) is 9.71. The first-order valence-corrected chi connectivity index (χ1v) is 9.71. The van der Waals surface area contributed by atoms with Gasteiger partial charge in [-0.3, -0.25) is 14.7 Å². The number of halogens is 3. The summed E-state index contributed by atoms with van der Waals surface area (Å²) in [5.74, 6) is -2.33. The highest BCUT2D eigenvalue weighted by Crippen LogP contribution is 2.38. The lowest BCUT2D eigenvalue weighted by Gasteiger charge is -2.36. The van der Waals surface area contributed by atoms with Crippen molar-refractivity contribution in [2.45, 2.75) is 58.3 Å². The maximum atomic E-state index is 12.5. The number of carbonyl (C=O) groups is 2. The van der Waals surface area contributed by atoms with Gasteiger partial charge in [-0.1, -0.05) is 19.9 Å². The average Bonchev–Trinajstić information content (AvgIpc) is 3.21. The maximum absolute atomic E-state index is 12.5. The van der Waals surface area contributed by atoms with Crippen molar-refractivity contribution >= 4 is 11.9 Å². The van der Waals surface area contributed by atoms with E-state index < -0.39 is 12.1 Å². The third-order valence-electron chi connectivity index (χ3n) is 5.34. The molecular formula is C20H28F3N3O3. The van der Waals surface area contributed by atoms with E-state index in [1.165, 1.54) is 0 Å². The Morgan fingerprint density at radius 1 is 1.24 bits per heavy atom. The molecule has 2 fully saturated rings. The Hall–Kier alpha value is -2.16. The van der Waals surface area contributed by atoms with Crippen molar-refractivity contribution in [3.8, 4) is 0 Å². The van der Waals surface area contributed by atoms with Gasteiger partial charge in [-0.05, 0) is 38.3 Å². The van der Waals surface area contributed by atoms with Crippen molar-refractivity contribution in [3.63, 3.8) is 0 Å². The number of amides is 1. The molecule has 1 spiro atoms. The number of rotatable bonds is 3. The van der Waals surface area contributed by atoms with Crippen molar-refractivity contribution in [1.29, 1.82) is 0 Å². The molecule has 1 atom stereocenters. The normalized spacial score (nSPS) is 22.1. The summed E-state index contributed by atoms with van der Waals surface area (Å²) in [5, 5.41) is 7.12. The summed E-state index contributed by atoms with van der Waals surface area (Å²) in [6.45, 7) is 9.96. The molecule has 2 saturated heterocycles. The molecule has 9 heteroatoms. The molecule has 1 aromatic rings. The number of carboxylic acid groups (broad SMARTS) is 1. The van der Waals surface area contributed by atoms with Gasteiger partial charge in [0, 0.05) is 37.8 Å². The highest BCUT2D eigenvalue weighted by atomic mass is 19.4. The number of carbonyl (C=O) groups excluding carboxylic acids is 1. The van der Waals surface area contributed by atoms with Crippen molar-refractivity contribution in [1.82, 2.24) is 14.8 Å². The Labute approximate surface area is 168 Å². The molecule has 2 aliphatic rings. The molecule has 162 valence electrons. The molecule has 0 radical (unpaired) electrons. The number of pyridine rings is 1. The van der Waals surface area contributed by atoms with Crippen LogP contribution in [0.3, 0.4) is 0 Å². The molecule has 3 heterocycles. The zero-order valence-corrected chi connectivity index (χ0v) is 17.0. The predicted molar refractivity (Wildman–Crippen MR) is 101 cm³/mol. The van der Waals surface area contributed by atoms with Crippen LogP contribution in [0.2, 0.25) is 0 Å². The van der Waals surface area contributed by atoms with Gasteiger partial charge in [0.1, 0.15) is 0 Å². The summed E-state index contributed by atoms with van der Waals surface area (Å²) < 4.78 is 31.7. The number of aliphatic carboxylic acids is 1. The van der Waals surface area contributed by atoms with E-state index in [1.54, 1.807) is 0 Å². The topological polar surface area (TPSA) is 73.7 Å². The van der Waals surface area contributed by atoms with E-state index in [0.29, 0.717) is 5.91 Å². The van der Waals surface area contributed by atoms with E-state index in [1.807, 2.05) is 26.8 Å². The van der Waals surface area contributed by atoms with E-state index in [2.05, 4.69) is 26.9 Å². The molecular weight excluding hydrogens is 387 g/mol. The molecule has 2 aliphatic heterocycles. The monoisotopic (exact) mass is 415 g/mol. The molecule has 1 unspecified atom stereocenters. The third kappa shape index (κ3) is 5.91. The van der Waals surface area contributed by atoms with Crippen LogP contribution in [0.5, 0.6) is 0 Å². The van der Waals surface area contributed by atoms with Crippen molar-refractivity contribution in [2.75, 3.05) is 19.6 Å². The molecule has 0 saturated carbocycles. The van der Waals surface area contributed by atoms with Gasteiger partial charge in [0.25, 0.3) is 0 Å². The quantitative estimate of drug-likeness (QED) is 0.821. The second-order valence-electron chi connectivity index (χ2n) is 8.01. The number of hydrogen-bond acceptors (Lipinski definition) is 4. The first-order chi connectivity index (χ1) is 13.4. The van der Waals surface area contributed by atoms with Gasteiger partial charge < -0.3 is 10.0 Å². The predicted octanol–water partition coefficient (Wildman–Crippen LogP) is 3.25. The van der Waals surface area contributed by atoms with Gasteiger partial charge in [-0.2, -0.15) is 13.2 Å². The lowest BCUT2D eigenvalue weighted by molar-refractivity contribution is -0.192. The van der Waals surface area contributed by atoms with E-state index in [-0.39, 0.29) is 11.5 Å². The number of aryl methyl sites for hydroxylation is 1. The molecule has 29 heavy (non-hydrogen) atoms. The highest BCUT2D eigenvalue weighted by Gasteiger charge is 2.48. The SMILES string of the molecule is Cc1cccc(CN2CCC3(CCCN3C(=O)C(C)C)C2)n1.O=C(O)C(F)(F)F. The zero-order valence-electron chi connectivity index (χ0n) is 17.0. The first kappa shape index (κ1) is 23.1. The van der Waals surface area contributed by atoms with Crippen LogP contribution >= 0.6 is 0 Å². The van der Waals surface area contributed by atoms with Gasteiger partial charge in [0.15, 0.2) is 0 Å². The van der Waals surface area contributed by atoms with Crippen molar-refractivity contribution in [2.24, 2.45) is 5.92 Å². The number of hydrogen-bond donors (Lipinski definition) is 1.